The Kier molecular flexibility index (Phi) is 4.25. The van der Waals surface area contributed by atoms with E-state index in [1.807, 2.05) is 38.2 Å². The van der Waals surface area contributed by atoms with Crippen molar-refractivity contribution in [1.29, 1.82) is 0 Å². The minimum absolute atomic E-state index is 0.379. The Morgan fingerprint density at radius 2 is 1.90 bits per heavy atom. The van der Waals surface area contributed by atoms with Crippen LogP contribution in [0.5, 0.6) is 11.5 Å². The van der Waals surface area contributed by atoms with Gasteiger partial charge in [0.15, 0.2) is 0 Å². The van der Waals surface area contributed by atoms with Crippen molar-refractivity contribution in [2.24, 2.45) is 0 Å². The fourth-order valence-corrected chi connectivity index (χ4v) is 5.50. The number of aryl methyl sites for hydroxylation is 1. The monoisotopic (exact) mass is 306 g/mol. The average molecular weight is 307 g/mol. The fraction of sp³-hybridized carbons (Fsp3) is 0.375. The molecule has 1 N–H and O–H groups in total. The van der Waals surface area contributed by atoms with E-state index in [1.54, 1.807) is 0 Å². The Morgan fingerprint density at radius 3 is 2.50 bits per heavy atom. The third kappa shape index (κ3) is 2.91. The summed E-state index contributed by atoms with van der Waals surface area (Å²) in [6.45, 7) is 10.5. The first-order valence-electron chi connectivity index (χ1n) is 6.79. The molecular formula is C16H22O2SSi. The minimum Gasteiger partial charge on any atom is -0.507 e. The molecular weight excluding hydrogens is 284 g/mol. The number of hydrogen-bond donors (Lipinski definition) is 1. The summed E-state index contributed by atoms with van der Waals surface area (Å²) in [5, 5.41) is 12.1. The number of ether oxygens (including phenoxy) is 1. The smallest absolute Gasteiger partial charge is 0.136 e. The maximum atomic E-state index is 9.94. The number of phenols is 1. The van der Waals surface area contributed by atoms with Crippen LogP contribution in [0.15, 0.2) is 23.6 Å². The largest absolute Gasteiger partial charge is 0.507 e. The number of phenolic OH excluding ortho intramolecular Hbond substituents is 1. The van der Waals surface area contributed by atoms with Gasteiger partial charge in [0, 0.05) is 0 Å². The summed E-state index contributed by atoms with van der Waals surface area (Å²) >= 11 is 1.82. The molecule has 20 heavy (non-hydrogen) atoms. The van der Waals surface area contributed by atoms with E-state index in [2.05, 4.69) is 30.6 Å². The van der Waals surface area contributed by atoms with Crippen LogP contribution in [0.2, 0.25) is 13.1 Å². The highest BCUT2D eigenvalue weighted by Gasteiger charge is 2.26. The molecule has 0 fully saturated rings. The van der Waals surface area contributed by atoms with Crippen LogP contribution in [0.25, 0.3) is 0 Å². The van der Waals surface area contributed by atoms with Crippen molar-refractivity contribution in [2.75, 3.05) is 6.23 Å². The lowest BCUT2D eigenvalue weighted by atomic mass is 10.0. The molecule has 0 radical (unpaired) electrons. The van der Waals surface area contributed by atoms with Gasteiger partial charge in [-0.25, -0.2) is 0 Å². The highest BCUT2D eigenvalue weighted by atomic mass is 32.1. The predicted molar refractivity (Wildman–Crippen MR) is 89.2 cm³/mol. The molecule has 1 aromatic carbocycles. The van der Waals surface area contributed by atoms with Gasteiger partial charge in [-0.2, -0.15) is 11.3 Å². The maximum absolute atomic E-state index is 9.94. The van der Waals surface area contributed by atoms with Crippen LogP contribution in [0, 0.1) is 20.8 Å². The van der Waals surface area contributed by atoms with Gasteiger partial charge in [0.05, 0.1) is 6.23 Å². The van der Waals surface area contributed by atoms with E-state index in [4.69, 9.17) is 4.74 Å². The summed E-state index contributed by atoms with van der Waals surface area (Å²) < 4.78 is 7.56. The Balaban J connectivity index is 2.20. The molecule has 108 valence electrons. The van der Waals surface area contributed by atoms with E-state index < -0.39 is 8.07 Å². The molecule has 0 atom stereocenters. The van der Waals surface area contributed by atoms with E-state index in [-0.39, 0.29) is 0 Å². The average Bonchev–Trinajstić information content (AvgIpc) is 2.94. The number of hydrogen-bond acceptors (Lipinski definition) is 3. The molecule has 2 nitrogen and oxygen atoms in total. The first-order valence-corrected chi connectivity index (χ1v) is 10.9. The van der Waals surface area contributed by atoms with Gasteiger partial charge in [-0.15, -0.1) is 0 Å². The van der Waals surface area contributed by atoms with E-state index in [9.17, 15) is 5.11 Å². The zero-order valence-electron chi connectivity index (χ0n) is 12.8. The molecule has 2 aromatic rings. The zero-order valence-corrected chi connectivity index (χ0v) is 14.6. The highest BCUT2D eigenvalue weighted by molar-refractivity contribution is 7.25. The van der Waals surface area contributed by atoms with E-state index in [0.717, 1.165) is 28.7 Å². The van der Waals surface area contributed by atoms with E-state index in [0.29, 0.717) is 5.75 Å². The van der Waals surface area contributed by atoms with Crippen molar-refractivity contribution in [3.8, 4) is 11.5 Å². The van der Waals surface area contributed by atoms with Crippen molar-refractivity contribution in [1.82, 2.24) is 0 Å². The molecule has 0 aliphatic carbocycles. The summed E-state index contributed by atoms with van der Waals surface area (Å²) in [5.74, 6) is 1.28. The van der Waals surface area contributed by atoms with Crippen LogP contribution in [0.1, 0.15) is 16.7 Å². The van der Waals surface area contributed by atoms with Gasteiger partial charge in [-0.1, -0.05) is 25.2 Å². The zero-order chi connectivity index (χ0) is 14.9. The van der Waals surface area contributed by atoms with Crippen molar-refractivity contribution >= 4 is 23.9 Å². The first-order chi connectivity index (χ1) is 9.33. The van der Waals surface area contributed by atoms with E-state index in [1.165, 1.54) is 4.50 Å². The second kappa shape index (κ2) is 5.62. The molecule has 0 saturated carbocycles. The molecule has 0 unspecified atom stereocenters. The topological polar surface area (TPSA) is 29.5 Å². The molecule has 4 heteroatoms. The molecule has 0 aliphatic rings. The second-order valence-corrected chi connectivity index (χ2v) is 11.8. The molecule has 2 rings (SSSR count). The summed E-state index contributed by atoms with van der Waals surface area (Å²) in [6, 6.07) is 6.26. The van der Waals surface area contributed by atoms with Crippen molar-refractivity contribution in [3.63, 3.8) is 0 Å². The molecule has 0 aliphatic heterocycles. The number of benzene rings is 1. The van der Waals surface area contributed by atoms with Gasteiger partial charge in [-0.05, 0) is 53.4 Å². The van der Waals surface area contributed by atoms with Gasteiger partial charge >= 0.3 is 0 Å². The molecule has 0 saturated heterocycles. The lowest BCUT2D eigenvalue weighted by Gasteiger charge is -2.22. The van der Waals surface area contributed by atoms with Crippen molar-refractivity contribution < 1.29 is 9.84 Å². The summed E-state index contributed by atoms with van der Waals surface area (Å²) in [5.41, 5.74) is 2.82. The minimum atomic E-state index is -1.55. The van der Waals surface area contributed by atoms with Gasteiger partial charge in [0.2, 0.25) is 0 Å². The van der Waals surface area contributed by atoms with Crippen molar-refractivity contribution in [3.05, 3.63) is 40.3 Å². The lowest BCUT2D eigenvalue weighted by molar-refractivity contribution is 0.374. The van der Waals surface area contributed by atoms with Crippen LogP contribution >= 0.6 is 11.3 Å². The third-order valence-corrected chi connectivity index (χ3v) is 8.85. The normalized spacial score (nSPS) is 11.7. The second-order valence-electron chi connectivity index (χ2n) is 5.94. The third-order valence-electron chi connectivity index (χ3n) is 3.79. The summed E-state index contributed by atoms with van der Waals surface area (Å²) in [6.07, 6.45) is 0.762. The molecule has 0 bridgehead atoms. The summed E-state index contributed by atoms with van der Waals surface area (Å²) in [4.78, 5) is 0. The van der Waals surface area contributed by atoms with Crippen LogP contribution in [0.4, 0.5) is 0 Å². The SMILES string of the molecule is Cc1cc(OC[Si](C)(C)c2cccs2)c(C)c(C)c1O. The van der Waals surface area contributed by atoms with Crippen LogP contribution in [0.3, 0.4) is 0 Å². The maximum Gasteiger partial charge on any atom is 0.136 e. The Bertz CT molecular complexity index is 603. The number of rotatable bonds is 4. The van der Waals surface area contributed by atoms with Crippen LogP contribution in [-0.2, 0) is 0 Å². The van der Waals surface area contributed by atoms with Gasteiger partial charge in [0.1, 0.15) is 19.6 Å². The van der Waals surface area contributed by atoms with Crippen LogP contribution in [-0.4, -0.2) is 19.4 Å². The Labute approximate surface area is 126 Å². The molecule has 0 spiro atoms. The predicted octanol–water partition coefficient (Wildman–Crippen LogP) is 3.91. The molecule has 1 heterocycles. The first kappa shape index (κ1) is 15.1. The standard InChI is InChI=1S/C16H22O2SSi/c1-11-9-14(12(2)13(3)16(11)17)18-10-20(4,5)15-7-6-8-19-15/h6-9,17H,10H2,1-5H3. The molecule has 0 amide bonds. The highest BCUT2D eigenvalue weighted by Crippen LogP contribution is 2.32. The summed E-state index contributed by atoms with van der Waals surface area (Å²) in [7, 11) is -1.55. The van der Waals surface area contributed by atoms with Crippen molar-refractivity contribution in [2.45, 2.75) is 33.9 Å². The Morgan fingerprint density at radius 1 is 1.20 bits per heavy atom. The lowest BCUT2D eigenvalue weighted by Crippen LogP contribution is -2.45. The number of thiophene rings is 1. The Hall–Kier alpha value is -1.26. The quantitative estimate of drug-likeness (QED) is 0.868. The van der Waals surface area contributed by atoms with E-state index >= 15 is 0 Å². The number of aromatic hydroxyl groups is 1. The van der Waals surface area contributed by atoms with Crippen LogP contribution < -0.4 is 9.24 Å². The van der Waals surface area contributed by atoms with Gasteiger partial charge in [0.25, 0.3) is 0 Å². The molecule has 1 aromatic heterocycles. The van der Waals surface area contributed by atoms with Gasteiger partial charge in [-0.3, -0.25) is 0 Å². The fourth-order valence-electron chi connectivity index (χ4n) is 2.17. The van der Waals surface area contributed by atoms with Gasteiger partial charge < -0.3 is 9.84 Å².